The van der Waals surface area contributed by atoms with E-state index < -0.39 is 11.7 Å². The Morgan fingerprint density at radius 1 is 1.09 bits per heavy atom. The topological polar surface area (TPSA) is 64.1 Å². The van der Waals surface area contributed by atoms with Crippen molar-refractivity contribution in [2.75, 3.05) is 0 Å². The summed E-state index contributed by atoms with van der Waals surface area (Å²) >= 11 is 0. The molecule has 1 aromatic carbocycles. The van der Waals surface area contributed by atoms with E-state index >= 15 is 0 Å². The molecular weight excluding hydrogens is 443 g/mol. The molecule has 2 heterocycles. The average Bonchev–Trinajstić information content (AvgIpc) is 2.84. The largest absolute Gasteiger partial charge is 0.439 e. The van der Waals surface area contributed by atoms with Crippen LogP contribution in [0.5, 0.6) is 11.6 Å². The maximum absolute atomic E-state index is 12.7. The van der Waals surface area contributed by atoms with E-state index in [2.05, 4.69) is 21.4 Å². The van der Waals surface area contributed by atoms with E-state index in [0.29, 0.717) is 12.3 Å². The number of halogens is 3. The molecule has 4 rings (SSSR count). The second-order valence-electron chi connectivity index (χ2n) is 8.21. The molecule has 0 aliphatic heterocycles. The maximum atomic E-state index is 12.7. The van der Waals surface area contributed by atoms with Gasteiger partial charge >= 0.3 is 6.18 Å². The van der Waals surface area contributed by atoms with Crippen molar-refractivity contribution in [3.05, 3.63) is 89.4 Å². The van der Waals surface area contributed by atoms with Crippen molar-refractivity contribution in [1.29, 1.82) is 0 Å². The van der Waals surface area contributed by atoms with Gasteiger partial charge in [0.2, 0.25) is 11.8 Å². The van der Waals surface area contributed by atoms with E-state index in [1.807, 2.05) is 30.3 Å². The lowest BCUT2D eigenvalue weighted by atomic mass is 9.84. The van der Waals surface area contributed by atoms with Crippen LogP contribution in [0.25, 0.3) is 6.08 Å². The molecule has 1 N–H and O–H groups in total. The normalized spacial score (nSPS) is 16.1. The summed E-state index contributed by atoms with van der Waals surface area (Å²) in [5.74, 6) is 0.650. The number of nitrogens with zero attached hydrogens (tertiary/aromatic N) is 2. The zero-order valence-electron chi connectivity index (χ0n) is 18.4. The van der Waals surface area contributed by atoms with Gasteiger partial charge in [-0.1, -0.05) is 29.8 Å². The summed E-state index contributed by atoms with van der Waals surface area (Å²) in [6.45, 7) is 0.479. The summed E-state index contributed by atoms with van der Waals surface area (Å²) in [4.78, 5) is 20.3. The van der Waals surface area contributed by atoms with Crippen molar-refractivity contribution in [1.82, 2.24) is 15.3 Å². The highest BCUT2D eigenvalue weighted by atomic mass is 19.4. The van der Waals surface area contributed by atoms with E-state index in [1.165, 1.54) is 11.6 Å². The Labute approximate surface area is 195 Å². The molecule has 3 aromatic rings. The predicted octanol–water partition coefficient (Wildman–Crippen LogP) is 6.18. The van der Waals surface area contributed by atoms with Crippen LogP contribution in [-0.2, 0) is 17.5 Å². The highest BCUT2D eigenvalue weighted by Gasteiger charge is 2.30. The smallest absolute Gasteiger partial charge is 0.417 e. The summed E-state index contributed by atoms with van der Waals surface area (Å²) in [7, 11) is 0. The van der Waals surface area contributed by atoms with Gasteiger partial charge < -0.3 is 10.1 Å². The van der Waals surface area contributed by atoms with Gasteiger partial charge in [-0.2, -0.15) is 13.2 Å². The zero-order valence-corrected chi connectivity index (χ0v) is 18.4. The summed E-state index contributed by atoms with van der Waals surface area (Å²) in [5, 5.41) is 2.99. The van der Waals surface area contributed by atoms with Crippen molar-refractivity contribution < 1.29 is 22.7 Å². The molecule has 0 radical (unpaired) electrons. The van der Waals surface area contributed by atoms with Crippen LogP contribution < -0.4 is 10.1 Å². The number of allylic oxidation sites excluding steroid dienone is 1. The molecule has 0 unspecified atom stereocenters. The van der Waals surface area contributed by atoms with Crippen LogP contribution in [0.2, 0.25) is 0 Å². The molecule has 0 atom stereocenters. The van der Waals surface area contributed by atoms with E-state index in [1.54, 1.807) is 18.5 Å². The molecule has 1 aliphatic carbocycles. The third kappa shape index (κ3) is 6.43. The number of ether oxygens (including phenoxy) is 1. The van der Waals surface area contributed by atoms with Gasteiger partial charge in [-0.25, -0.2) is 4.98 Å². The first kappa shape index (κ1) is 23.5. The first-order valence-corrected chi connectivity index (χ1v) is 11.0. The highest BCUT2D eigenvalue weighted by molar-refractivity contribution is 5.79. The molecule has 1 fully saturated rings. The van der Waals surface area contributed by atoms with Gasteiger partial charge in [-0.15, -0.1) is 0 Å². The maximum Gasteiger partial charge on any atom is 0.417 e. The van der Waals surface area contributed by atoms with Gasteiger partial charge in [0.25, 0.3) is 0 Å². The van der Waals surface area contributed by atoms with Crippen molar-refractivity contribution in [2.45, 2.75) is 38.4 Å². The second-order valence-corrected chi connectivity index (χ2v) is 8.21. The fourth-order valence-corrected chi connectivity index (χ4v) is 3.86. The van der Waals surface area contributed by atoms with Gasteiger partial charge in [0.15, 0.2) is 0 Å². The van der Waals surface area contributed by atoms with E-state index in [-0.39, 0.29) is 17.7 Å². The summed E-state index contributed by atoms with van der Waals surface area (Å²) in [6, 6.07) is 13.2. The Balaban J connectivity index is 1.31. The number of amides is 1. The summed E-state index contributed by atoms with van der Waals surface area (Å²) < 4.78 is 43.7. The first-order chi connectivity index (χ1) is 16.4. The molecular formula is C26H24F3N3O2. The predicted molar refractivity (Wildman–Crippen MR) is 122 cm³/mol. The minimum atomic E-state index is -4.43. The minimum Gasteiger partial charge on any atom is -0.439 e. The van der Waals surface area contributed by atoms with Crippen molar-refractivity contribution in [3.8, 4) is 11.6 Å². The summed E-state index contributed by atoms with van der Waals surface area (Å²) in [6.07, 6.45) is 5.08. The lowest BCUT2D eigenvalue weighted by Gasteiger charge is -2.23. The molecule has 8 heteroatoms. The van der Waals surface area contributed by atoms with Crippen LogP contribution in [0, 0.1) is 5.92 Å². The Hall–Kier alpha value is -3.68. The molecule has 1 aliphatic rings. The monoisotopic (exact) mass is 467 g/mol. The van der Waals surface area contributed by atoms with Crippen molar-refractivity contribution >= 4 is 12.0 Å². The van der Waals surface area contributed by atoms with Gasteiger partial charge in [0, 0.05) is 37.1 Å². The number of nitrogens with one attached hydrogen (secondary N) is 1. The van der Waals surface area contributed by atoms with Crippen LogP contribution in [0.3, 0.4) is 0 Å². The number of aromatic nitrogens is 2. The second kappa shape index (κ2) is 10.5. The van der Waals surface area contributed by atoms with Gasteiger partial charge in [-0.05, 0) is 61.1 Å². The quantitative estimate of drug-likeness (QED) is 0.470. The van der Waals surface area contributed by atoms with Crippen LogP contribution >= 0.6 is 0 Å². The van der Waals surface area contributed by atoms with E-state index in [4.69, 9.17) is 4.74 Å². The molecule has 1 amide bonds. The first-order valence-electron chi connectivity index (χ1n) is 11.0. The van der Waals surface area contributed by atoms with Gasteiger partial charge in [0.1, 0.15) is 5.75 Å². The fourth-order valence-electron chi connectivity index (χ4n) is 3.86. The highest BCUT2D eigenvalue weighted by Crippen LogP contribution is 2.32. The van der Waals surface area contributed by atoms with E-state index in [9.17, 15) is 18.0 Å². The fraction of sp³-hybridized carbons (Fsp3) is 0.269. The molecule has 0 saturated heterocycles. The number of hydrogen-bond acceptors (Lipinski definition) is 4. The van der Waals surface area contributed by atoms with Gasteiger partial charge in [-0.3, -0.25) is 9.78 Å². The third-order valence-corrected chi connectivity index (χ3v) is 5.70. The van der Waals surface area contributed by atoms with Crippen LogP contribution in [0.15, 0.2) is 72.7 Å². The number of hydrogen-bond donors (Lipinski definition) is 1. The Kier molecular flexibility index (Phi) is 7.25. The standard InChI is InChI=1S/C26H24F3N3O2/c27-26(28,29)22-10-11-24(31-17-22)34-23-5-1-3-19(14-23)13-18-6-8-21(9-7-18)25(33)32-16-20-4-2-12-30-15-20/h1-5,10-15,17,21H,6-9,16H2,(H,32,33). The van der Waals surface area contributed by atoms with E-state index in [0.717, 1.165) is 49.1 Å². The third-order valence-electron chi connectivity index (χ3n) is 5.70. The zero-order chi connectivity index (χ0) is 24.0. The number of carbonyl (C=O) groups excluding carboxylic acids is 1. The van der Waals surface area contributed by atoms with Gasteiger partial charge in [0.05, 0.1) is 5.56 Å². The Bertz CT molecular complexity index is 1140. The molecule has 0 bridgehead atoms. The summed E-state index contributed by atoms with van der Waals surface area (Å²) in [5.41, 5.74) is 2.33. The number of carbonyl (C=O) groups is 1. The molecule has 34 heavy (non-hydrogen) atoms. The minimum absolute atomic E-state index is 0.00534. The lowest BCUT2D eigenvalue weighted by Crippen LogP contribution is -2.31. The van der Waals surface area contributed by atoms with Crippen molar-refractivity contribution in [2.24, 2.45) is 5.92 Å². The van der Waals surface area contributed by atoms with Crippen LogP contribution in [0.1, 0.15) is 42.4 Å². The Morgan fingerprint density at radius 3 is 2.59 bits per heavy atom. The van der Waals surface area contributed by atoms with Crippen molar-refractivity contribution in [3.63, 3.8) is 0 Å². The average molecular weight is 467 g/mol. The number of benzene rings is 1. The Morgan fingerprint density at radius 2 is 1.91 bits per heavy atom. The molecule has 5 nitrogen and oxygen atoms in total. The molecule has 1 saturated carbocycles. The molecule has 2 aromatic heterocycles. The number of pyridine rings is 2. The molecule has 0 spiro atoms. The van der Waals surface area contributed by atoms with Crippen LogP contribution in [0.4, 0.5) is 13.2 Å². The SMILES string of the molecule is O=C(NCc1cccnc1)C1CCC(=Cc2cccc(Oc3ccc(C(F)(F)F)cn3)c2)CC1. The lowest BCUT2D eigenvalue weighted by molar-refractivity contribution is -0.137. The number of rotatable bonds is 6. The number of alkyl halides is 3. The molecule has 176 valence electrons. The van der Waals surface area contributed by atoms with Crippen LogP contribution in [-0.4, -0.2) is 15.9 Å².